The molecular formula is C19H28F2N2O3. The Balaban J connectivity index is 1.78. The molecular weight excluding hydrogens is 342 g/mol. The van der Waals surface area contributed by atoms with Crippen LogP contribution < -0.4 is 10.1 Å². The Morgan fingerprint density at radius 3 is 2.50 bits per heavy atom. The summed E-state index contributed by atoms with van der Waals surface area (Å²) in [5.74, 6) is 0.351. The molecule has 1 aliphatic rings. The molecule has 1 amide bonds. The molecule has 26 heavy (non-hydrogen) atoms. The summed E-state index contributed by atoms with van der Waals surface area (Å²) >= 11 is 0. The van der Waals surface area contributed by atoms with E-state index < -0.39 is 6.61 Å². The lowest BCUT2D eigenvalue weighted by atomic mass is 9.94. The molecule has 7 heteroatoms. The highest BCUT2D eigenvalue weighted by Gasteiger charge is 2.27. The van der Waals surface area contributed by atoms with Crippen molar-refractivity contribution in [2.75, 3.05) is 33.4 Å². The van der Waals surface area contributed by atoms with Crippen molar-refractivity contribution in [1.82, 2.24) is 10.2 Å². The number of halogens is 2. The monoisotopic (exact) mass is 370 g/mol. The lowest BCUT2D eigenvalue weighted by molar-refractivity contribution is -0.126. The van der Waals surface area contributed by atoms with Crippen LogP contribution in [0, 0.1) is 5.92 Å². The highest BCUT2D eigenvalue weighted by atomic mass is 19.3. The Morgan fingerprint density at radius 2 is 1.92 bits per heavy atom. The normalized spacial score (nSPS) is 17.3. The highest BCUT2D eigenvalue weighted by molar-refractivity contribution is 5.78. The fraction of sp³-hybridized carbons (Fsp3) is 0.632. The van der Waals surface area contributed by atoms with Crippen LogP contribution in [0.3, 0.4) is 0 Å². The number of alkyl halides is 2. The first-order valence-electron chi connectivity index (χ1n) is 9.06. The van der Waals surface area contributed by atoms with Crippen LogP contribution in [0.15, 0.2) is 24.3 Å². The van der Waals surface area contributed by atoms with E-state index in [0.29, 0.717) is 13.2 Å². The maximum absolute atomic E-state index is 12.2. The van der Waals surface area contributed by atoms with Gasteiger partial charge >= 0.3 is 6.61 Å². The quantitative estimate of drug-likeness (QED) is 0.678. The van der Waals surface area contributed by atoms with Crippen LogP contribution in [-0.4, -0.2) is 50.8 Å². The van der Waals surface area contributed by atoms with Gasteiger partial charge in [-0.25, -0.2) is 0 Å². The molecule has 0 unspecified atom stereocenters. The van der Waals surface area contributed by atoms with Gasteiger partial charge in [0.05, 0.1) is 0 Å². The summed E-state index contributed by atoms with van der Waals surface area (Å²) in [6.45, 7) is 2.26. The first kappa shape index (κ1) is 20.6. The molecule has 1 heterocycles. The number of amides is 1. The lowest BCUT2D eigenvalue weighted by Gasteiger charge is -2.35. The van der Waals surface area contributed by atoms with E-state index in [-0.39, 0.29) is 23.6 Å². The predicted molar refractivity (Wildman–Crippen MR) is 95.3 cm³/mol. The standard InChI is InChI=1S/C19H28F2N2O3/c1-14(15-4-6-17(7-5-15)26-19(20)21)23-11-8-16(9-12-23)18(24)22-10-3-13-25-2/h4-7,14,16,19H,3,8-13H2,1-2H3,(H,22,24)/t14-/m1/s1. The molecule has 1 atom stereocenters. The molecule has 1 aromatic rings. The van der Waals surface area contributed by atoms with Gasteiger partial charge in [0.25, 0.3) is 0 Å². The van der Waals surface area contributed by atoms with Crippen LogP contribution >= 0.6 is 0 Å². The van der Waals surface area contributed by atoms with Crippen LogP contribution in [0.4, 0.5) is 8.78 Å². The summed E-state index contributed by atoms with van der Waals surface area (Å²) in [6.07, 6.45) is 2.48. The third-order valence-corrected chi connectivity index (χ3v) is 4.86. The third-order valence-electron chi connectivity index (χ3n) is 4.86. The summed E-state index contributed by atoms with van der Waals surface area (Å²) in [7, 11) is 1.65. The fourth-order valence-electron chi connectivity index (χ4n) is 3.26. The van der Waals surface area contributed by atoms with Crippen LogP contribution in [0.25, 0.3) is 0 Å². The number of benzene rings is 1. The van der Waals surface area contributed by atoms with Crippen molar-refractivity contribution in [2.45, 2.75) is 38.8 Å². The van der Waals surface area contributed by atoms with E-state index in [9.17, 15) is 13.6 Å². The van der Waals surface area contributed by atoms with E-state index in [1.54, 1.807) is 19.2 Å². The van der Waals surface area contributed by atoms with Crippen molar-refractivity contribution >= 4 is 5.91 Å². The zero-order valence-electron chi connectivity index (χ0n) is 15.4. The van der Waals surface area contributed by atoms with E-state index in [1.165, 1.54) is 0 Å². The Hall–Kier alpha value is -1.73. The van der Waals surface area contributed by atoms with Crippen LogP contribution in [0.2, 0.25) is 0 Å². The van der Waals surface area contributed by atoms with E-state index in [2.05, 4.69) is 21.9 Å². The van der Waals surface area contributed by atoms with Crippen molar-refractivity contribution in [3.05, 3.63) is 29.8 Å². The van der Waals surface area contributed by atoms with E-state index in [4.69, 9.17) is 4.74 Å². The van der Waals surface area contributed by atoms with Gasteiger partial charge in [0.2, 0.25) is 5.91 Å². The number of likely N-dealkylation sites (tertiary alicyclic amines) is 1. The van der Waals surface area contributed by atoms with Gasteiger partial charge in [-0.2, -0.15) is 8.78 Å². The van der Waals surface area contributed by atoms with Crippen molar-refractivity contribution in [1.29, 1.82) is 0 Å². The SMILES string of the molecule is COCCCNC(=O)C1CCN([C@H](C)c2ccc(OC(F)F)cc2)CC1. The van der Waals surface area contributed by atoms with Crippen LogP contribution in [-0.2, 0) is 9.53 Å². The molecule has 0 bridgehead atoms. The average molecular weight is 370 g/mol. The zero-order chi connectivity index (χ0) is 18.9. The van der Waals surface area contributed by atoms with Crippen molar-refractivity contribution in [3.63, 3.8) is 0 Å². The second-order valence-electron chi connectivity index (χ2n) is 6.57. The molecule has 0 aliphatic carbocycles. The number of methoxy groups -OCH3 is 1. The van der Waals surface area contributed by atoms with Crippen LogP contribution in [0.1, 0.15) is 37.8 Å². The lowest BCUT2D eigenvalue weighted by Crippen LogP contribution is -2.41. The maximum atomic E-state index is 12.2. The van der Waals surface area contributed by atoms with Gasteiger partial charge in [-0.15, -0.1) is 0 Å². The topological polar surface area (TPSA) is 50.8 Å². The summed E-state index contributed by atoms with van der Waals surface area (Å²) in [5, 5.41) is 2.97. The zero-order valence-corrected chi connectivity index (χ0v) is 15.4. The molecule has 1 fully saturated rings. The Labute approximate surface area is 153 Å². The minimum Gasteiger partial charge on any atom is -0.435 e. The van der Waals surface area contributed by atoms with E-state index in [0.717, 1.165) is 37.9 Å². The molecule has 0 spiro atoms. The van der Waals surface area contributed by atoms with E-state index in [1.807, 2.05) is 12.1 Å². The highest BCUT2D eigenvalue weighted by Crippen LogP contribution is 2.28. The molecule has 2 rings (SSSR count). The van der Waals surface area contributed by atoms with Gasteiger partial charge in [-0.3, -0.25) is 9.69 Å². The van der Waals surface area contributed by atoms with Crippen molar-refractivity contribution in [3.8, 4) is 5.75 Å². The molecule has 0 saturated carbocycles. The molecule has 1 aromatic carbocycles. The summed E-state index contributed by atoms with van der Waals surface area (Å²) in [5.41, 5.74) is 1.05. The average Bonchev–Trinajstić information content (AvgIpc) is 2.65. The number of nitrogens with zero attached hydrogens (tertiary/aromatic N) is 1. The first-order chi connectivity index (χ1) is 12.5. The number of hydrogen-bond acceptors (Lipinski definition) is 4. The van der Waals surface area contributed by atoms with Crippen molar-refractivity contribution in [2.24, 2.45) is 5.92 Å². The predicted octanol–water partition coefficient (Wildman–Crippen LogP) is 3.21. The van der Waals surface area contributed by atoms with Gasteiger partial charge < -0.3 is 14.8 Å². The maximum Gasteiger partial charge on any atom is 0.387 e. The third kappa shape index (κ3) is 6.21. The number of rotatable bonds is 9. The van der Waals surface area contributed by atoms with Crippen molar-refractivity contribution < 1.29 is 23.0 Å². The van der Waals surface area contributed by atoms with Crippen LogP contribution in [0.5, 0.6) is 5.75 Å². The number of nitrogens with one attached hydrogen (secondary N) is 1. The number of piperidine rings is 1. The second-order valence-corrected chi connectivity index (χ2v) is 6.57. The molecule has 5 nitrogen and oxygen atoms in total. The summed E-state index contributed by atoms with van der Waals surface area (Å²) < 4.78 is 33.8. The van der Waals surface area contributed by atoms with Gasteiger partial charge in [0, 0.05) is 32.2 Å². The number of ether oxygens (including phenoxy) is 2. The smallest absolute Gasteiger partial charge is 0.387 e. The van der Waals surface area contributed by atoms with Gasteiger partial charge in [-0.05, 0) is 57.0 Å². The summed E-state index contributed by atoms with van der Waals surface area (Å²) in [6, 6.07) is 6.94. The molecule has 1 aliphatic heterocycles. The van der Waals surface area contributed by atoms with Gasteiger partial charge in [-0.1, -0.05) is 12.1 Å². The Bertz CT molecular complexity index is 546. The first-order valence-corrected chi connectivity index (χ1v) is 9.06. The largest absolute Gasteiger partial charge is 0.435 e. The minimum absolute atomic E-state index is 0.0582. The number of hydrogen-bond donors (Lipinski definition) is 1. The molecule has 146 valence electrons. The Morgan fingerprint density at radius 1 is 1.27 bits per heavy atom. The number of carbonyl (C=O) groups excluding carboxylic acids is 1. The second kappa shape index (κ2) is 10.4. The molecule has 1 saturated heterocycles. The van der Waals surface area contributed by atoms with E-state index >= 15 is 0 Å². The Kier molecular flexibility index (Phi) is 8.25. The minimum atomic E-state index is -2.81. The molecule has 0 aromatic heterocycles. The number of carbonyl (C=O) groups is 1. The summed E-state index contributed by atoms with van der Waals surface area (Å²) in [4.78, 5) is 14.5. The fourth-order valence-corrected chi connectivity index (χ4v) is 3.26. The van der Waals surface area contributed by atoms with Gasteiger partial charge in [0.1, 0.15) is 5.75 Å². The molecule has 0 radical (unpaired) electrons. The van der Waals surface area contributed by atoms with Gasteiger partial charge in [0.15, 0.2) is 0 Å². The molecule has 1 N–H and O–H groups in total.